The predicted molar refractivity (Wildman–Crippen MR) is 76.0 cm³/mol. The molecule has 0 spiro atoms. The van der Waals surface area contributed by atoms with Crippen LogP contribution >= 0.6 is 15.9 Å². The van der Waals surface area contributed by atoms with Crippen molar-refractivity contribution in [2.75, 3.05) is 7.11 Å². The molecule has 1 aliphatic rings. The molecule has 1 saturated carbocycles. The Hall–Kier alpha value is -0.500. The molecule has 1 nitrogen and oxygen atoms in total. The number of hydrogen-bond acceptors (Lipinski definition) is 1. The maximum atomic E-state index is 5.18. The number of hydrogen-bond donors (Lipinski definition) is 0. The van der Waals surface area contributed by atoms with Gasteiger partial charge in [0.15, 0.2) is 0 Å². The zero-order valence-electron chi connectivity index (χ0n) is 10.5. The SMILES string of the molecule is COc1ccc(CC(Br)C2CCCCC2)cc1. The minimum Gasteiger partial charge on any atom is -0.497 e. The first kappa shape index (κ1) is 12.9. The molecule has 0 N–H and O–H groups in total. The predicted octanol–water partition coefficient (Wildman–Crippen LogP) is 4.58. The van der Waals surface area contributed by atoms with Crippen LogP contribution < -0.4 is 4.74 Å². The van der Waals surface area contributed by atoms with E-state index < -0.39 is 0 Å². The highest BCUT2D eigenvalue weighted by Gasteiger charge is 2.21. The second-order valence-electron chi connectivity index (χ2n) is 4.97. The summed E-state index contributed by atoms with van der Waals surface area (Å²) in [6, 6.07) is 8.46. The Morgan fingerprint density at radius 3 is 2.41 bits per heavy atom. The molecule has 2 rings (SSSR count). The van der Waals surface area contributed by atoms with Crippen LogP contribution in [-0.2, 0) is 6.42 Å². The third-order valence-electron chi connectivity index (χ3n) is 3.75. The number of halogens is 1. The van der Waals surface area contributed by atoms with Crippen molar-refractivity contribution >= 4 is 15.9 Å². The van der Waals surface area contributed by atoms with Crippen molar-refractivity contribution in [1.29, 1.82) is 0 Å². The first-order chi connectivity index (χ1) is 8.29. The van der Waals surface area contributed by atoms with E-state index in [4.69, 9.17) is 4.74 Å². The van der Waals surface area contributed by atoms with E-state index in [0.29, 0.717) is 4.83 Å². The molecular weight excluding hydrogens is 276 g/mol. The van der Waals surface area contributed by atoms with E-state index >= 15 is 0 Å². The molecule has 2 heteroatoms. The van der Waals surface area contributed by atoms with Crippen molar-refractivity contribution < 1.29 is 4.74 Å². The average molecular weight is 297 g/mol. The van der Waals surface area contributed by atoms with Crippen LogP contribution in [0.1, 0.15) is 37.7 Å². The summed E-state index contributed by atoms with van der Waals surface area (Å²) in [5.74, 6) is 1.81. The molecule has 0 radical (unpaired) electrons. The Bertz CT molecular complexity index is 327. The van der Waals surface area contributed by atoms with Gasteiger partial charge >= 0.3 is 0 Å². The van der Waals surface area contributed by atoms with Crippen molar-refractivity contribution in [3.63, 3.8) is 0 Å². The van der Waals surface area contributed by atoms with Crippen LogP contribution in [0.3, 0.4) is 0 Å². The highest BCUT2D eigenvalue weighted by atomic mass is 79.9. The second kappa shape index (κ2) is 6.44. The minimum atomic E-state index is 0.635. The van der Waals surface area contributed by atoms with Gasteiger partial charge in [-0.3, -0.25) is 0 Å². The Kier molecular flexibility index (Phi) is 4.90. The Morgan fingerprint density at radius 2 is 1.82 bits per heavy atom. The molecule has 0 saturated heterocycles. The van der Waals surface area contributed by atoms with Crippen LogP contribution in [0.5, 0.6) is 5.75 Å². The summed E-state index contributed by atoms with van der Waals surface area (Å²) in [6.45, 7) is 0. The lowest BCUT2D eigenvalue weighted by molar-refractivity contribution is 0.350. The Balaban J connectivity index is 1.89. The van der Waals surface area contributed by atoms with E-state index in [-0.39, 0.29) is 0 Å². The van der Waals surface area contributed by atoms with E-state index in [1.807, 2.05) is 0 Å². The van der Waals surface area contributed by atoms with Gasteiger partial charge in [0.2, 0.25) is 0 Å². The minimum absolute atomic E-state index is 0.635. The van der Waals surface area contributed by atoms with Gasteiger partial charge in [0.05, 0.1) is 7.11 Å². The average Bonchev–Trinajstić information content (AvgIpc) is 2.40. The van der Waals surface area contributed by atoms with Crippen LogP contribution in [0.25, 0.3) is 0 Å². The molecule has 1 unspecified atom stereocenters. The van der Waals surface area contributed by atoms with Crippen molar-refractivity contribution in [1.82, 2.24) is 0 Å². The smallest absolute Gasteiger partial charge is 0.118 e. The highest BCUT2D eigenvalue weighted by molar-refractivity contribution is 9.09. The lowest BCUT2D eigenvalue weighted by Crippen LogP contribution is -2.19. The summed E-state index contributed by atoms with van der Waals surface area (Å²) in [6.07, 6.45) is 8.18. The van der Waals surface area contributed by atoms with Crippen LogP contribution in [0.4, 0.5) is 0 Å². The fourth-order valence-electron chi connectivity index (χ4n) is 2.65. The molecule has 0 bridgehead atoms. The topological polar surface area (TPSA) is 9.23 Å². The van der Waals surface area contributed by atoms with Crippen LogP contribution in [0.2, 0.25) is 0 Å². The van der Waals surface area contributed by atoms with Gasteiger partial charge in [0, 0.05) is 4.83 Å². The van der Waals surface area contributed by atoms with E-state index in [0.717, 1.165) is 18.1 Å². The van der Waals surface area contributed by atoms with Gasteiger partial charge < -0.3 is 4.74 Å². The van der Waals surface area contributed by atoms with Gasteiger partial charge in [-0.15, -0.1) is 0 Å². The normalized spacial score (nSPS) is 18.9. The molecule has 1 aliphatic carbocycles. The molecule has 1 atom stereocenters. The van der Waals surface area contributed by atoms with Crippen molar-refractivity contribution in [3.05, 3.63) is 29.8 Å². The standard InChI is InChI=1S/C15H21BrO/c1-17-14-9-7-12(8-10-14)11-15(16)13-5-3-2-4-6-13/h7-10,13,15H,2-6,11H2,1H3. The molecule has 94 valence electrons. The van der Waals surface area contributed by atoms with Crippen molar-refractivity contribution in [2.45, 2.75) is 43.4 Å². The molecule has 0 aliphatic heterocycles. The quantitative estimate of drug-likeness (QED) is 0.739. The Morgan fingerprint density at radius 1 is 1.18 bits per heavy atom. The number of ether oxygens (including phenoxy) is 1. The summed E-state index contributed by atoms with van der Waals surface area (Å²) in [5.41, 5.74) is 1.40. The van der Waals surface area contributed by atoms with Gasteiger partial charge in [-0.2, -0.15) is 0 Å². The first-order valence-electron chi connectivity index (χ1n) is 6.56. The van der Waals surface area contributed by atoms with Crippen LogP contribution in [0.15, 0.2) is 24.3 Å². The number of rotatable bonds is 4. The van der Waals surface area contributed by atoms with E-state index in [1.54, 1.807) is 7.11 Å². The number of alkyl halides is 1. The largest absolute Gasteiger partial charge is 0.497 e. The maximum Gasteiger partial charge on any atom is 0.118 e. The van der Waals surface area contributed by atoms with Gasteiger partial charge in [-0.25, -0.2) is 0 Å². The lowest BCUT2D eigenvalue weighted by Gasteiger charge is -2.26. The molecule has 1 fully saturated rings. The molecule has 0 heterocycles. The van der Waals surface area contributed by atoms with E-state index in [9.17, 15) is 0 Å². The molecule has 1 aromatic rings. The van der Waals surface area contributed by atoms with E-state index in [1.165, 1.54) is 37.7 Å². The molecule has 1 aromatic carbocycles. The molecular formula is C15H21BrO. The first-order valence-corrected chi connectivity index (χ1v) is 7.48. The highest BCUT2D eigenvalue weighted by Crippen LogP contribution is 2.32. The van der Waals surface area contributed by atoms with Gasteiger partial charge in [-0.1, -0.05) is 47.3 Å². The third kappa shape index (κ3) is 3.74. The van der Waals surface area contributed by atoms with Crippen molar-refractivity contribution in [2.24, 2.45) is 5.92 Å². The maximum absolute atomic E-state index is 5.18. The summed E-state index contributed by atoms with van der Waals surface area (Å²) in [5, 5.41) is 0. The van der Waals surface area contributed by atoms with Crippen LogP contribution in [0, 0.1) is 5.92 Å². The summed E-state index contributed by atoms with van der Waals surface area (Å²) in [7, 11) is 1.71. The fraction of sp³-hybridized carbons (Fsp3) is 0.600. The van der Waals surface area contributed by atoms with Gasteiger partial charge in [0.1, 0.15) is 5.75 Å². The second-order valence-corrected chi connectivity index (χ2v) is 6.14. The van der Waals surface area contributed by atoms with Gasteiger partial charge in [0.25, 0.3) is 0 Å². The zero-order chi connectivity index (χ0) is 12.1. The number of methoxy groups -OCH3 is 1. The van der Waals surface area contributed by atoms with E-state index in [2.05, 4.69) is 40.2 Å². The monoisotopic (exact) mass is 296 g/mol. The molecule has 0 aromatic heterocycles. The van der Waals surface area contributed by atoms with Crippen molar-refractivity contribution in [3.8, 4) is 5.75 Å². The number of benzene rings is 1. The third-order valence-corrected chi connectivity index (χ3v) is 4.82. The fourth-order valence-corrected chi connectivity index (χ4v) is 3.55. The van der Waals surface area contributed by atoms with Crippen LogP contribution in [-0.4, -0.2) is 11.9 Å². The zero-order valence-corrected chi connectivity index (χ0v) is 12.1. The Labute approximate surface area is 113 Å². The molecule has 17 heavy (non-hydrogen) atoms. The van der Waals surface area contributed by atoms with Gasteiger partial charge in [-0.05, 0) is 42.9 Å². The lowest BCUT2D eigenvalue weighted by atomic mass is 9.85. The summed E-state index contributed by atoms with van der Waals surface area (Å²) < 4.78 is 5.18. The summed E-state index contributed by atoms with van der Waals surface area (Å²) in [4.78, 5) is 0.635. The summed E-state index contributed by atoms with van der Waals surface area (Å²) >= 11 is 3.88. The molecule has 0 amide bonds.